The summed E-state index contributed by atoms with van der Waals surface area (Å²) in [5.41, 5.74) is 2.74. The molecule has 5 heteroatoms. The van der Waals surface area contributed by atoms with E-state index in [9.17, 15) is 9.59 Å². The van der Waals surface area contributed by atoms with Crippen LogP contribution in [0.4, 0.5) is 11.4 Å². The first-order valence-corrected chi connectivity index (χ1v) is 6.39. The molecule has 5 nitrogen and oxygen atoms in total. The fourth-order valence-electron chi connectivity index (χ4n) is 2.31. The van der Waals surface area contributed by atoms with Gasteiger partial charge in [0, 0.05) is 20.0 Å². The van der Waals surface area contributed by atoms with Crippen molar-refractivity contribution < 1.29 is 14.7 Å². The summed E-state index contributed by atoms with van der Waals surface area (Å²) in [6, 6.07) is 5.85. The molecule has 0 spiro atoms. The van der Waals surface area contributed by atoms with E-state index in [4.69, 9.17) is 5.11 Å². The van der Waals surface area contributed by atoms with E-state index in [0.717, 1.165) is 23.4 Å². The molecule has 0 radical (unpaired) electrons. The molecule has 0 aliphatic carbocycles. The Morgan fingerprint density at radius 2 is 2.11 bits per heavy atom. The molecular weight excluding hydrogens is 244 g/mol. The smallest absolute Gasteiger partial charge is 0.323 e. The lowest BCUT2D eigenvalue weighted by Crippen LogP contribution is -2.30. The molecule has 2 rings (SSSR count). The van der Waals surface area contributed by atoms with Crippen LogP contribution < -0.4 is 9.80 Å². The molecule has 0 atom stereocenters. The van der Waals surface area contributed by atoms with E-state index in [2.05, 4.69) is 6.92 Å². The SMILES string of the molecule is CCc1ccc2c(c1)N(CC(=O)O)CCC(=O)N2C. The molecule has 1 heterocycles. The molecular formula is C14H18N2O3. The number of rotatable bonds is 3. The Kier molecular flexibility index (Phi) is 3.74. The van der Waals surface area contributed by atoms with Crippen molar-refractivity contribution in [2.24, 2.45) is 0 Å². The first-order chi connectivity index (χ1) is 9.02. The molecule has 0 aromatic heterocycles. The van der Waals surface area contributed by atoms with E-state index < -0.39 is 5.97 Å². The lowest BCUT2D eigenvalue weighted by atomic mass is 10.1. The third kappa shape index (κ3) is 2.70. The van der Waals surface area contributed by atoms with E-state index in [-0.39, 0.29) is 12.5 Å². The minimum atomic E-state index is -0.884. The molecule has 0 fully saturated rings. The summed E-state index contributed by atoms with van der Waals surface area (Å²) >= 11 is 0. The molecule has 1 aromatic rings. The van der Waals surface area contributed by atoms with Gasteiger partial charge in [-0.25, -0.2) is 0 Å². The number of carboxylic acids is 1. The van der Waals surface area contributed by atoms with Crippen molar-refractivity contribution in [3.8, 4) is 0 Å². The number of hydrogen-bond donors (Lipinski definition) is 1. The van der Waals surface area contributed by atoms with E-state index in [1.165, 1.54) is 0 Å². The van der Waals surface area contributed by atoms with Gasteiger partial charge in [0.2, 0.25) is 5.91 Å². The van der Waals surface area contributed by atoms with Gasteiger partial charge in [0.15, 0.2) is 0 Å². The number of benzene rings is 1. The van der Waals surface area contributed by atoms with Crippen molar-refractivity contribution in [2.75, 3.05) is 29.9 Å². The Morgan fingerprint density at radius 1 is 1.37 bits per heavy atom. The van der Waals surface area contributed by atoms with Crippen LogP contribution in [0.25, 0.3) is 0 Å². The zero-order chi connectivity index (χ0) is 14.0. The van der Waals surface area contributed by atoms with Crippen molar-refractivity contribution in [2.45, 2.75) is 19.8 Å². The number of nitrogens with zero attached hydrogens (tertiary/aromatic N) is 2. The second-order valence-electron chi connectivity index (χ2n) is 4.69. The summed E-state index contributed by atoms with van der Waals surface area (Å²) in [6.45, 7) is 2.41. The van der Waals surface area contributed by atoms with Gasteiger partial charge < -0.3 is 14.9 Å². The summed E-state index contributed by atoms with van der Waals surface area (Å²) in [7, 11) is 1.73. The number of carbonyl (C=O) groups excluding carboxylic acids is 1. The third-order valence-electron chi connectivity index (χ3n) is 3.45. The van der Waals surface area contributed by atoms with E-state index in [1.54, 1.807) is 16.8 Å². The molecule has 0 saturated heterocycles. The summed E-state index contributed by atoms with van der Waals surface area (Å²) in [5, 5.41) is 9.00. The highest BCUT2D eigenvalue weighted by Crippen LogP contribution is 2.33. The van der Waals surface area contributed by atoms with Gasteiger partial charge in [-0.05, 0) is 24.1 Å². The van der Waals surface area contributed by atoms with Gasteiger partial charge in [0.1, 0.15) is 6.54 Å². The number of fused-ring (bicyclic) bond motifs is 1. The van der Waals surface area contributed by atoms with Crippen LogP contribution in [0.3, 0.4) is 0 Å². The minimum Gasteiger partial charge on any atom is -0.480 e. The van der Waals surface area contributed by atoms with E-state index in [1.807, 2.05) is 18.2 Å². The van der Waals surface area contributed by atoms with Crippen LogP contribution in [0.2, 0.25) is 0 Å². The third-order valence-corrected chi connectivity index (χ3v) is 3.45. The molecule has 0 unspecified atom stereocenters. The van der Waals surface area contributed by atoms with Gasteiger partial charge in [-0.2, -0.15) is 0 Å². The largest absolute Gasteiger partial charge is 0.480 e. The second kappa shape index (κ2) is 5.30. The fourth-order valence-corrected chi connectivity index (χ4v) is 2.31. The van der Waals surface area contributed by atoms with Crippen molar-refractivity contribution in [3.63, 3.8) is 0 Å². The maximum Gasteiger partial charge on any atom is 0.323 e. The van der Waals surface area contributed by atoms with Crippen LogP contribution in [-0.2, 0) is 16.0 Å². The van der Waals surface area contributed by atoms with Gasteiger partial charge in [0.05, 0.1) is 11.4 Å². The van der Waals surface area contributed by atoms with Gasteiger partial charge >= 0.3 is 5.97 Å². The first-order valence-electron chi connectivity index (χ1n) is 6.39. The fraction of sp³-hybridized carbons (Fsp3) is 0.429. The number of carbonyl (C=O) groups is 2. The average molecular weight is 262 g/mol. The standard InChI is InChI=1S/C14H18N2O3/c1-3-10-4-5-11-12(8-10)16(9-14(18)19)7-6-13(17)15(11)2/h4-5,8H,3,6-7,9H2,1-2H3,(H,18,19). The van der Waals surface area contributed by atoms with Crippen LogP contribution in [0.5, 0.6) is 0 Å². The number of anilines is 2. The monoisotopic (exact) mass is 262 g/mol. The minimum absolute atomic E-state index is 0.0124. The Morgan fingerprint density at radius 3 is 2.74 bits per heavy atom. The van der Waals surface area contributed by atoms with Crippen LogP contribution in [-0.4, -0.2) is 37.1 Å². The Balaban J connectivity index is 2.48. The van der Waals surface area contributed by atoms with Crippen molar-refractivity contribution in [3.05, 3.63) is 23.8 Å². The molecule has 1 N–H and O–H groups in total. The van der Waals surface area contributed by atoms with Gasteiger partial charge in [0.25, 0.3) is 0 Å². The lowest BCUT2D eigenvalue weighted by molar-refractivity contribution is -0.135. The predicted molar refractivity (Wildman–Crippen MR) is 73.7 cm³/mol. The van der Waals surface area contributed by atoms with Gasteiger partial charge in [-0.15, -0.1) is 0 Å². The Hall–Kier alpha value is -2.04. The van der Waals surface area contributed by atoms with Crippen LogP contribution in [0.15, 0.2) is 18.2 Å². The number of amides is 1. The summed E-state index contributed by atoms with van der Waals surface area (Å²) in [4.78, 5) is 26.3. The first kappa shape index (κ1) is 13.4. The second-order valence-corrected chi connectivity index (χ2v) is 4.69. The van der Waals surface area contributed by atoms with Crippen molar-refractivity contribution >= 4 is 23.3 Å². The number of aryl methyl sites for hydroxylation is 1. The molecule has 1 aliphatic rings. The number of hydrogen-bond acceptors (Lipinski definition) is 3. The maximum absolute atomic E-state index is 11.9. The van der Waals surface area contributed by atoms with Crippen molar-refractivity contribution in [1.29, 1.82) is 0 Å². The van der Waals surface area contributed by atoms with Gasteiger partial charge in [-0.1, -0.05) is 13.0 Å². The van der Waals surface area contributed by atoms with E-state index in [0.29, 0.717) is 13.0 Å². The quantitative estimate of drug-likeness (QED) is 0.897. The highest BCUT2D eigenvalue weighted by molar-refractivity contribution is 5.98. The highest BCUT2D eigenvalue weighted by Gasteiger charge is 2.24. The molecule has 1 aromatic carbocycles. The number of carboxylic acid groups (broad SMARTS) is 1. The molecule has 102 valence electrons. The summed E-state index contributed by atoms with van der Waals surface area (Å²) in [6.07, 6.45) is 1.21. The van der Waals surface area contributed by atoms with Crippen molar-refractivity contribution in [1.82, 2.24) is 0 Å². The molecule has 0 saturated carbocycles. The zero-order valence-corrected chi connectivity index (χ0v) is 11.2. The normalized spacial score (nSPS) is 15.2. The molecule has 0 bridgehead atoms. The molecule has 19 heavy (non-hydrogen) atoms. The van der Waals surface area contributed by atoms with Crippen LogP contribution >= 0.6 is 0 Å². The lowest BCUT2D eigenvalue weighted by Gasteiger charge is -2.24. The molecule has 1 amide bonds. The maximum atomic E-state index is 11.9. The average Bonchev–Trinajstić information content (AvgIpc) is 2.50. The topological polar surface area (TPSA) is 60.9 Å². The zero-order valence-electron chi connectivity index (χ0n) is 11.2. The molecule has 1 aliphatic heterocycles. The van der Waals surface area contributed by atoms with E-state index >= 15 is 0 Å². The number of aliphatic carboxylic acids is 1. The Bertz CT molecular complexity index is 513. The Labute approximate surface area is 112 Å². The summed E-state index contributed by atoms with van der Waals surface area (Å²) in [5.74, 6) is -0.872. The summed E-state index contributed by atoms with van der Waals surface area (Å²) < 4.78 is 0. The predicted octanol–water partition coefficient (Wildman–Crippen LogP) is 1.51. The highest BCUT2D eigenvalue weighted by atomic mass is 16.4. The van der Waals surface area contributed by atoms with Crippen LogP contribution in [0, 0.1) is 0 Å². The van der Waals surface area contributed by atoms with Crippen LogP contribution in [0.1, 0.15) is 18.9 Å². The van der Waals surface area contributed by atoms with Gasteiger partial charge in [-0.3, -0.25) is 9.59 Å².